The van der Waals surface area contributed by atoms with E-state index < -0.39 is 6.36 Å². The molecule has 11 heteroatoms. The third-order valence-electron chi connectivity index (χ3n) is 4.36. The van der Waals surface area contributed by atoms with Gasteiger partial charge in [-0.1, -0.05) is 24.3 Å². The quantitative estimate of drug-likeness (QED) is 0.268. The third kappa shape index (κ3) is 7.11. The number of benzene rings is 1. The number of aliphatic imine (C=N–C) groups is 1. The second kappa shape index (κ2) is 11.2. The molecule has 32 heavy (non-hydrogen) atoms. The van der Waals surface area contributed by atoms with E-state index in [0.29, 0.717) is 18.1 Å². The number of nitrogens with zero attached hydrogens (tertiary/aromatic N) is 4. The summed E-state index contributed by atoms with van der Waals surface area (Å²) in [5, 5.41) is 10.5. The highest BCUT2D eigenvalue weighted by Crippen LogP contribution is 2.26. The highest BCUT2D eigenvalue weighted by atomic mass is 127. The summed E-state index contributed by atoms with van der Waals surface area (Å²) in [4.78, 5) is 8.54. The minimum Gasteiger partial charge on any atom is -0.405 e. The summed E-state index contributed by atoms with van der Waals surface area (Å²) in [6.45, 7) is 4.44. The van der Waals surface area contributed by atoms with Gasteiger partial charge >= 0.3 is 6.36 Å². The number of aryl methyl sites for hydroxylation is 2. The van der Waals surface area contributed by atoms with Crippen molar-refractivity contribution < 1.29 is 17.9 Å². The third-order valence-corrected chi connectivity index (χ3v) is 4.36. The van der Waals surface area contributed by atoms with Gasteiger partial charge in [-0.05, 0) is 37.6 Å². The van der Waals surface area contributed by atoms with Gasteiger partial charge in [0, 0.05) is 37.6 Å². The Bertz CT molecular complexity index is 1050. The molecule has 0 saturated carbocycles. The van der Waals surface area contributed by atoms with Crippen molar-refractivity contribution >= 4 is 29.9 Å². The van der Waals surface area contributed by atoms with E-state index >= 15 is 0 Å². The Hall–Kier alpha value is -2.83. The monoisotopic (exact) mass is 560 g/mol. The standard InChI is InChI=1S/C21H23F3N6O.HI/c1-14-10-15(2)30(29-14)19-9-8-16(11-26-19)12-27-20(25-3)28-13-17-6-4-5-7-18(17)31-21(22,23)24;/h4-11H,12-13H2,1-3H3,(H2,25,27,28);1H. The minimum atomic E-state index is -4.75. The molecule has 0 unspecified atom stereocenters. The maximum atomic E-state index is 12.6. The summed E-state index contributed by atoms with van der Waals surface area (Å²) < 4.78 is 43.5. The van der Waals surface area contributed by atoms with Gasteiger partial charge in [-0.3, -0.25) is 4.99 Å². The average Bonchev–Trinajstić information content (AvgIpc) is 3.06. The van der Waals surface area contributed by atoms with Crippen LogP contribution in [0.3, 0.4) is 0 Å². The van der Waals surface area contributed by atoms with Crippen molar-refractivity contribution in [3.63, 3.8) is 0 Å². The van der Waals surface area contributed by atoms with Crippen molar-refractivity contribution in [2.45, 2.75) is 33.3 Å². The van der Waals surface area contributed by atoms with E-state index in [4.69, 9.17) is 0 Å². The lowest BCUT2D eigenvalue weighted by Gasteiger charge is -2.15. The summed E-state index contributed by atoms with van der Waals surface area (Å²) in [5.41, 5.74) is 3.19. The molecule has 0 aliphatic carbocycles. The molecule has 0 bridgehead atoms. The highest BCUT2D eigenvalue weighted by Gasteiger charge is 2.31. The second-order valence-corrected chi connectivity index (χ2v) is 6.80. The first-order chi connectivity index (χ1) is 14.7. The smallest absolute Gasteiger partial charge is 0.405 e. The van der Waals surface area contributed by atoms with Crippen molar-refractivity contribution in [3.8, 4) is 11.6 Å². The highest BCUT2D eigenvalue weighted by molar-refractivity contribution is 14.0. The number of aromatic nitrogens is 3. The Morgan fingerprint density at radius 2 is 1.81 bits per heavy atom. The van der Waals surface area contributed by atoms with Crippen LogP contribution in [0.15, 0.2) is 53.7 Å². The van der Waals surface area contributed by atoms with E-state index in [1.54, 1.807) is 30.1 Å². The van der Waals surface area contributed by atoms with E-state index in [1.807, 2.05) is 32.0 Å². The molecule has 0 aliphatic rings. The van der Waals surface area contributed by atoms with E-state index in [2.05, 4.69) is 30.4 Å². The van der Waals surface area contributed by atoms with Gasteiger partial charge in [-0.15, -0.1) is 37.1 Å². The molecule has 0 amide bonds. The normalized spacial score (nSPS) is 11.6. The zero-order valence-electron chi connectivity index (χ0n) is 17.8. The molecule has 0 spiro atoms. The molecule has 0 saturated heterocycles. The SMILES string of the molecule is CN=C(NCc1ccc(-n2nc(C)cc2C)nc1)NCc1ccccc1OC(F)(F)F.I. The topological polar surface area (TPSA) is 76.4 Å². The Kier molecular flexibility index (Phi) is 8.87. The Morgan fingerprint density at radius 1 is 1.09 bits per heavy atom. The van der Waals surface area contributed by atoms with Gasteiger partial charge in [-0.2, -0.15) is 5.10 Å². The molecule has 2 N–H and O–H groups in total. The van der Waals surface area contributed by atoms with Crippen molar-refractivity contribution in [2.24, 2.45) is 4.99 Å². The van der Waals surface area contributed by atoms with Crippen LogP contribution in [0.5, 0.6) is 5.75 Å². The molecule has 2 heterocycles. The molecule has 172 valence electrons. The van der Waals surface area contributed by atoms with Gasteiger partial charge in [0.05, 0.1) is 5.69 Å². The van der Waals surface area contributed by atoms with E-state index in [0.717, 1.165) is 22.8 Å². The van der Waals surface area contributed by atoms with Gasteiger partial charge < -0.3 is 15.4 Å². The summed E-state index contributed by atoms with van der Waals surface area (Å²) in [6, 6.07) is 11.7. The first-order valence-corrected chi connectivity index (χ1v) is 9.52. The van der Waals surface area contributed by atoms with Crippen molar-refractivity contribution in [1.29, 1.82) is 0 Å². The maximum absolute atomic E-state index is 12.6. The van der Waals surface area contributed by atoms with Crippen molar-refractivity contribution in [3.05, 3.63) is 71.2 Å². The first-order valence-electron chi connectivity index (χ1n) is 9.52. The molecule has 7 nitrogen and oxygen atoms in total. The predicted octanol–water partition coefficient (Wildman–Crippen LogP) is 4.27. The maximum Gasteiger partial charge on any atom is 0.573 e. The molecule has 3 aromatic rings. The number of ether oxygens (including phenoxy) is 1. The fourth-order valence-corrected chi connectivity index (χ4v) is 2.97. The fraction of sp³-hybridized carbons (Fsp3) is 0.286. The molecule has 1 aromatic carbocycles. The summed E-state index contributed by atoms with van der Waals surface area (Å²) in [7, 11) is 1.58. The van der Waals surface area contributed by atoms with Crippen LogP contribution < -0.4 is 15.4 Å². The van der Waals surface area contributed by atoms with Crippen LogP contribution in [0.25, 0.3) is 5.82 Å². The number of nitrogens with one attached hydrogen (secondary N) is 2. The van der Waals surface area contributed by atoms with Crippen molar-refractivity contribution in [2.75, 3.05) is 7.05 Å². The molecule has 3 rings (SSSR count). The second-order valence-electron chi connectivity index (χ2n) is 6.80. The molecule has 0 fully saturated rings. The number of alkyl halides is 3. The summed E-state index contributed by atoms with van der Waals surface area (Å²) in [5.74, 6) is 0.907. The number of hydrogen-bond acceptors (Lipinski definition) is 4. The van der Waals surface area contributed by atoms with Gasteiger partial charge in [0.2, 0.25) is 0 Å². The van der Waals surface area contributed by atoms with Gasteiger partial charge in [0.15, 0.2) is 11.8 Å². The molecular formula is C21H24F3IN6O. The van der Waals surface area contributed by atoms with Crippen LogP contribution in [-0.2, 0) is 13.1 Å². The Labute approximate surface area is 201 Å². The van der Waals surface area contributed by atoms with Crippen LogP contribution in [0, 0.1) is 13.8 Å². The van der Waals surface area contributed by atoms with Crippen LogP contribution >= 0.6 is 24.0 Å². The largest absolute Gasteiger partial charge is 0.573 e. The summed E-state index contributed by atoms with van der Waals surface area (Å²) in [6.07, 6.45) is -3.01. The first kappa shape index (κ1) is 25.4. The molecule has 0 radical (unpaired) electrons. The Balaban J connectivity index is 0.00000363. The summed E-state index contributed by atoms with van der Waals surface area (Å²) >= 11 is 0. The molecule has 2 aromatic heterocycles. The lowest BCUT2D eigenvalue weighted by Crippen LogP contribution is -2.36. The van der Waals surface area contributed by atoms with Crippen LogP contribution in [0.4, 0.5) is 13.2 Å². The fourth-order valence-electron chi connectivity index (χ4n) is 2.97. The zero-order valence-corrected chi connectivity index (χ0v) is 20.1. The van der Waals surface area contributed by atoms with Crippen LogP contribution in [0.2, 0.25) is 0 Å². The average molecular weight is 560 g/mol. The van der Waals surface area contributed by atoms with Crippen LogP contribution in [0.1, 0.15) is 22.5 Å². The zero-order chi connectivity index (χ0) is 22.4. The number of rotatable bonds is 6. The van der Waals surface area contributed by atoms with Crippen LogP contribution in [-0.4, -0.2) is 34.1 Å². The number of hydrogen-bond donors (Lipinski definition) is 2. The minimum absolute atomic E-state index is 0. The van der Waals surface area contributed by atoms with E-state index in [9.17, 15) is 13.2 Å². The van der Waals surface area contributed by atoms with E-state index in [-0.39, 0.29) is 36.3 Å². The molecule has 0 atom stereocenters. The van der Waals surface area contributed by atoms with Gasteiger partial charge in [-0.25, -0.2) is 9.67 Å². The number of pyridine rings is 1. The van der Waals surface area contributed by atoms with Crippen molar-refractivity contribution in [1.82, 2.24) is 25.4 Å². The van der Waals surface area contributed by atoms with Gasteiger partial charge in [0.25, 0.3) is 0 Å². The lowest BCUT2D eigenvalue weighted by molar-refractivity contribution is -0.274. The Morgan fingerprint density at radius 3 is 2.41 bits per heavy atom. The molecule has 0 aliphatic heterocycles. The van der Waals surface area contributed by atoms with E-state index in [1.165, 1.54) is 12.1 Å². The predicted molar refractivity (Wildman–Crippen MR) is 126 cm³/mol. The van der Waals surface area contributed by atoms with Gasteiger partial charge in [0.1, 0.15) is 5.75 Å². The number of halogens is 4. The number of para-hydroxylation sites is 1. The lowest BCUT2D eigenvalue weighted by atomic mass is 10.2. The number of guanidine groups is 1. The molecular weight excluding hydrogens is 536 g/mol.